The lowest BCUT2D eigenvalue weighted by Crippen LogP contribution is -2.52. The predicted octanol–water partition coefficient (Wildman–Crippen LogP) is 3.03. The summed E-state index contributed by atoms with van der Waals surface area (Å²) in [6.45, 7) is 2.65. The minimum absolute atomic E-state index is 0.111. The molecule has 3 aromatic carbocycles. The van der Waals surface area contributed by atoms with Gasteiger partial charge in [-0.15, -0.1) is 0 Å². The van der Waals surface area contributed by atoms with Gasteiger partial charge in [0.25, 0.3) is 11.8 Å². The number of amides is 2. The van der Waals surface area contributed by atoms with Gasteiger partial charge in [-0.3, -0.25) is 13.9 Å². The molecule has 1 aliphatic heterocycles. The first-order valence-electron chi connectivity index (χ1n) is 13.7. The van der Waals surface area contributed by atoms with Gasteiger partial charge >= 0.3 is 0 Å². The van der Waals surface area contributed by atoms with Gasteiger partial charge in [0.05, 0.1) is 30.1 Å². The fraction of sp³-hybridized carbons (Fsp3) is 0.355. The first kappa shape index (κ1) is 30.2. The van der Waals surface area contributed by atoms with Gasteiger partial charge in [-0.1, -0.05) is 60.7 Å². The van der Waals surface area contributed by atoms with Crippen LogP contribution in [0.1, 0.15) is 57.7 Å². The average Bonchev–Trinajstić information content (AvgIpc) is 3.51. The zero-order valence-electron chi connectivity index (χ0n) is 23.6. The Labute approximate surface area is 242 Å². The van der Waals surface area contributed by atoms with Crippen molar-refractivity contribution in [3.05, 3.63) is 101 Å². The fourth-order valence-corrected chi connectivity index (χ4v) is 5.50. The van der Waals surface area contributed by atoms with E-state index in [0.717, 1.165) is 41.1 Å². The molecule has 0 spiro atoms. The van der Waals surface area contributed by atoms with E-state index in [1.807, 2.05) is 67.6 Å². The molecule has 0 aromatic heterocycles. The van der Waals surface area contributed by atoms with Crippen molar-refractivity contribution in [1.82, 2.24) is 16.0 Å². The molecule has 9 nitrogen and oxygen atoms in total. The minimum Gasteiger partial charge on any atom is -0.389 e. The number of aliphatic hydroxyl groups excluding tert-OH is 1. The third kappa shape index (κ3) is 7.93. The van der Waals surface area contributed by atoms with Gasteiger partial charge in [-0.2, -0.15) is 0 Å². The second-order valence-corrected chi connectivity index (χ2v) is 12.6. The minimum atomic E-state index is -3.67. The van der Waals surface area contributed by atoms with Crippen LogP contribution in [-0.4, -0.2) is 63.4 Å². The molecule has 218 valence electrons. The Kier molecular flexibility index (Phi) is 9.80. The predicted molar refractivity (Wildman–Crippen MR) is 160 cm³/mol. The molecule has 4 N–H and O–H groups in total. The summed E-state index contributed by atoms with van der Waals surface area (Å²) in [5.41, 5.74) is 2.29. The first-order valence-corrected chi connectivity index (χ1v) is 15.6. The van der Waals surface area contributed by atoms with Crippen molar-refractivity contribution in [3.63, 3.8) is 0 Å². The van der Waals surface area contributed by atoms with Crippen molar-refractivity contribution in [3.8, 4) is 0 Å². The summed E-state index contributed by atoms with van der Waals surface area (Å²) < 4.78 is 25.7. The van der Waals surface area contributed by atoms with Crippen molar-refractivity contribution in [2.24, 2.45) is 0 Å². The largest absolute Gasteiger partial charge is 0.389 e. The van der Waals surface area contributed by atoms with Crippen molar-refractivity contribution in [2.45, 2.75) is 50.4 Å². The van der Waals surface area contributed by atoms with E-state index in [9.17, 15) is 23.1 Å². The number of aliphatic hydroxyl groups is 1. The lowest BCUT2D eigenvalue weighted by atomic mass is 9.95. The Hall–Kier alpha value is -3.73. The Balaban J connectivity index is 1.64. The molecule has 0 bridgehead atoms. The third-order valence-electron chi connectivity index (χ3n) is 7.49. The molecule has 2 amide bonds. The smallest absolute Gasteiger partial charge is 0.251 e. The number of hydrogen-bond acceptors (Lipinski definition) is 6. The molecule has 0 aliphatic carbocycles. The van der Waals surface area contributed by atoms with Gasteiger partial charge in [0, 0.05) is 24.2 Å². The van der Waals surface area contributed by atoms with Crippen molar-refractivity contribution in [1.29, 1.82) is 0 Å². The zero-order valence-corrected chi connectivity index (χ0v) is 24.4. The maximum atomic E-state index is 13.7. The maximum Gasteiger partial charge on any atom is 0.251 e. The van der Waals surface area contributed by atoms with E-state index < -0.39 is 34.0 Å². The molecular formula is C31H38N4O5S. The normalized spacial score (nSPS) is 17.3. The maximum absolute atomic E-state index is 13.7. The summed E-state index contributed by atoms with van der Waals surface area (Å²) in [6, 6.07) is 22.3. The highest BCUT2D eigenvalue weighted by Gasteiger charge is 2.31. The highest BCUT2D eigenvalue weighted by Crippen LogP contribution is 2.23. The molecule has 1 heterocycles. The van der Waals surface area contributed by atoms with Crippen LogP contribution in [0.2, 0.25) is 0 Å². The Morgan fingerprint density at radius 3 is 2.12 bits per heavy atom. The van der Waals surface area contributed by atoms with E-state index in [0.29, 0.717) is 6.42 Å². The summed E-state index contributed by atoms with van der Waals surface area (Å²) >= 11 is 0. The molecular weight excluding hydrogens is 540 g/mol. The number of nitrogens with zero attached hydrogens (tertiary/aromatic N) is 1. The van der Waals surface area contributed by atoms with E-state index in [2.05, 4.69) is 16.0 Å². The van der Waals surface area contributed by atoms with E-state index in [1.54, 1.807) is 0 Å². The highest BCUT2D eigenvalue weighted by molar-refractivity contribution is 7.92. The number of nitrogens with one attached hydrogen (secondary N) is 3. The van der Waals surface area contributed by atoms with E-state index in [4.69, 9.17) is 0 Å². The third-order valence-corrected chi connectivity index (χ3v) is 8.69. The number of carbonyl (C=O) groups is 2. The molecule has 0 saturated carbocycles. The highest BCUT2D eigenvalue weighted by atomic mass is 32.2. The summed E-state index contributed by atoms with van der Waals surface area (Å²) in [5, 5.41) is 20.4. The van der Waals surface area contributed by atoms with Crippen molar-refractivity contribution >= 4 is 27.5 Å². The number of carbonyl (C=O) groups excluding carboxylic acids is 2. The quantitative estimate of drug-likeness (QED) is 0.277. The molecule has 4 atom stereocenters. The molecule has 10 heteroatoms. The summed E-state index contributed by atoms with van der Waals surface area (Å²) in [7, 11) is -2.30. The molecule has 1 saturated heterocycles. The van der Waals surface area contributed by atoms with Gasteiger partial charge in [0.2, 0.25) is 10.0 Å². The Bertz CT molecular complexity index is 1440. The van der Waals surface area contributed by atoms with Crippen LogP contribution in [0.5, 0.6) is 0 Å². The lowest BCUT2D eigenvalue weighted by Gasteiger charge is -2.29. The molecule has 4 rings (SSSR count). The Morgan fingerprint density at radius 1 is 0.976 bits per heavy atom. The van der Waals surface area contributed by atoms with Gasteiger partial charge < -0.3 is 21.1 Å². The van der Waals surface area contributed by atoms with Crippen LogP contribution in [0.15, 0.2) is 78.9 Å². The van der Waals surface area contributed by atoms with Crippen LogP contribution in [0.25, 0.3) is 0 Å². The summed E-state index contributed by atoms with van der Waals surface area (Å²) in [4.78, 5) is 27.0. The molecule has 1 aliphatic rings. The fourth-order valence-electron chi connectivity index (χ4n) is 5.01. The van der Waals surface area contributed by atoms with Crippen molar-refractivity contribution in [2.75, 3.05) is 24.2 Å². The van der Waals surface area contributed by atoms with Crippen LogP contribution in [0.3, 0.4) is 0 Å². The molecule has 41 heavy (non-hydrogen) atoms. The van der Waals surface area contributed by atoms with Crippen LogP contribution in [0.4, 0.5) is 5.69 Å². The topological polar surface area (TPSA) is 128 Å². The van der Waals surface area contributed by atoms with Gasteiger partial charge in [0.15, 0.2) is 0 Å². The van der Waals surface area contributed by atoms with Crippen molar-refractivity contribution < 1.29 is 23.1 Å². The number of rotatable bonds is 11. The average molecular weight is 579 g/mol. The summed E-state index contributed by atoms with van der Waals surface area (Å²) in [5.74, 6) is -0.966. The molecule has 0 unspecified atom stereocenters. The van der Waals surface area contributed by atoms with Crippen LogP contribution >= 0.6 is 0 Å². The number of hydrogen-bond donors (Lipinski definition) is 4. The zero-order chi connectivity index (χ0) is 29.6. The second-order valence-electron chi connectivity index (χ2n) is 10.6. The second kappa shape index (κ2) is 13.3. The molecule has 0 radical (unpaired) electrons. The number of sulfonamides is 1. The van der Waals surface area contributed by atoms with Gasteiger partial charge in [0.1, 0.15) is 0 Å². The molecule has 1 fully saturated rings. The Morgan fingerprint density at radius 2 is 1.56 bits per heavy atom. The van der Waals surface area contributed by atoms with E-state index in [-0.39, 0.29) is 28.9 Å². The monoisotopic (exact) mass is 578 g/mol. The number of benzene rings is 3. The first-order chi connectivity index (χ1) is 19.5. The van der Waals surface area contributed by atoms with Gasteiger partial charge in [-0.05, 0) is 62.1 Å². The number of anilines is 1. The SMILES string of the molecule is C[C@@H](NC(=O)c1cc(C(=O)N[C@@H](Cc2ccccc2)[C@H](O)[C@H]2CCCN2)cc(N(C)S(C)(=O)=O)c1)c1ccccc1. The molecule has 3 aromatic rings. The van der Waals surface area contributed by atoms with Crippen LogP contribution < -0.4 is 20.3 Å². The van der Waals surface area contributed by atoms with Crippen LogP contribution in [0, 0.1) is 0 Å². The van der Waals surface area contributed by atoms with Crippen LogP contribution in [-0.2, 0) is 16.4 Å². The lowest BCUT2D eigenvalue weighted by molar-refractivity contribution is 0.0738. The van der Waals surface area contributed by atoms with Gasteiger partial charge in [-0.25, -0.2) is 8.42 Å². The van der Waals surface area contributed by atoms with E-state index in [1.165, 1.54) is 25.2 Å². The summed E-state index contributed by atoms with van der Waals surface area (Å²) in [6.07, 6.45) is 2.33. The standard InChI is InChI=1S/C31H38N4O5S/c1-21(23-13-8-5-9-14-23)33-30(37)24-18-25(20-26(19-24)35(2)41(3,39)40)31(38)34-28(17-22-11-6-4-7-12-22)29(36)27-15-10-16-32-27/h4-9,11-14,18-21,27-29,32,36H,10,15-17H2,1-3H3,(H,33,37)(H,34,38)/t21-,27-,28+,29-/m1/s1. The van der Waals surface area contributed by atoms with E-state index >= 15 is 0 Å².